The molecule has 5 heteroatoms. The average Bonchev–Trinajstić information content (AvgIpc) is 2.37. The third-order valence-corrected chi connectivity index (χ3v) is 4.72. The third-order valence-electron chi connectivity index (χ3n) is 4.26. The van der Waals surface area contributed by atoms with Crippen LogP contribution in [0.5, 0.6) is 0 Å². The number of aryl methyl sites for hydroxylation is 1. The van der Waals surface area contributed by atoms with E-state index in [2.05, 4.69) is 60.2 Å². The van der Waals surface area contributed by atoms with Gasteiger partial charge in [-0.2, -0.15) is 0 Å². The smallest absolute Gasteiger partial charge is 0.410 e. The second-order valence-corrected chi connectivity index (χ2v) is 9.31. The van der Waals surface area contributed by atoms with Crippen molar-refractivity contribution in [3.63, 3.8) is 0 Å². The van der Waals surface area contributed by atoms with Gasteiger partial charge in [0.2, 0.25) is 0 Å². The van der Waals surface area contributed by atoms with Crippen LogP contribution in [-0.4, -0.2) is 35.7 Å². The number of hydrogen-bond donors (Lipinski definition) is 1. The fourth-order valence-corrected chi connectivity index (χ4v) is 3.74. The molecule has 0 aliphatic carbocycles. The number of anilines is 1. The van der Waals surface area contributed by atoms with Gasteiger partial charge in [-0.25, -0.2) is 4.79 Å². The van der Waals surface area contributed by atoms with Crippen molar-refractivity contribution < 1.29 is 9.53 Å². The highest BCUT2D eigenvalue weighted by Gasteiger charge is 2.38. The minimum Gasteiger partial charge on any atom is -0.444 e. The number of likely N-dealkylation sites (tertiary alicyclic amines) is 1. The molecule has 1 unspecified atom stereocenters. The van der Waals surface area contributed by atoms with E-state index in [1.165, 1.54) is 5.56 Å². The number of carbonyl (C=O) groups is 1. The largest absolute Gasteiger partial charge is 0.444 e. The van der Waals surface area contributed by atoms with Gasteiger partial charge in [-0.15, -0.1) is 0 Å². The summed E-state index contributed by atoms with van der Waals surface area (Å²) in [7, 11) is 0. The van der Waals surface area contributed by atoms with Crippen LogP contribution < -0.4 is 5.32 Å². The lowest BCUT2D eigenvalue weighted by molar-refractivity contribution is 0.00691. The van der Waals surface area contributed by atoms with Gasteiger partial charge in [0.25, 0.3) is 0 Å². The summed E-state index contributed by atoms with van der Waals surface area (Å²) < 4.78 is 6.59. The number of nitrogens with one attached hydrogen (secondary N) is 1. The summed E-state index contributed by atoms with van der Waals surface area (Å²) in [6, 6.07) is 6.66. The lowest BCUT2D eigenvalue weighted by Crippen LogP contribution is -2.54. The molecule has 0 radical (unpaired) electrons. The molecule has 1 aliphatic heterocycles. The first-order chi connectivity index (χ1) is 11.0. The SMILES string of the molecule is Cc1cc(Br)cc(NC2CCN(C(=O)OC(C)(C)C)CC2(C)C)c1. The first kappa shape index (κ1) is 19.1. The van der Waals surface area contributed by atoms with E-state index in [-0.39, 0.29) is 11.5 Å². The van der Waals surface area contributed by atoms with Crippen LogP contribution in [0.1, 0.15) is 46.6 Å². The molecule has 1 atom stereocenters. The normalized spacial score (nSPS) is 20.6. The Morgan fingerprint density at radius 3 is 2.54 bits per heavy atom. The predicted octanol–water partition coefficient (Wildman–Crippen LogP) is 5.21. The monoisotopic (exact) mass is 396 g/mol. The van der Waals surface area contributed by atoms with Gasteiger partial charge < -0.3 is 15.0 Å². The van der Waals surface area contributed by atoms with Gasteiger partial charge >= 0.3 is 6.09 Å². The highest BCUT2D eigenvalue weighted by Crippen LogP contribution is 2.33. The van der Waals surface area contributed by atoms with Gasteiger partial charge in [-0.1, -0.05) is 29.8 Å². The van der Waals surface area contributed by atoms with E-state index in [1.54, 1.807) is 0 Å². The summed E-state index contributed by atoms with van der Waals surface area (Å²) >= 11 is 3.55. The second kappa shape index (κ2) is 6.95. The third kappa shape index (κ3) is 5.13. The van der Waals surface area contributed by atoms with E-state index in [4.69, 9.17) is 4.74 Å². The Morgan fingerprint density at radius 2 is 2.00 bits per heavy atom. The molecule has 2 rings (SSSR count). The molecule has 1 aliphatic rings. The zero-order chi connectivity index (χ0) is 18.1. The zero-order valence-corrected chi connectivity index (χ0v) is 17.2. The van der Waals surface area contributed by atoms with Crippen molar-refractivity contribution in [1.29, 1.82) is 0 Å². The summed E-state index contributed by atoms with van der Waals surface area (Å²) in [5.74, 6) is 0. The summed E-state index contributed by atoms with van der Waals surface area (Å²) in [5.41, 5.74) is 1.84. The topological polar surface area (TPSA) is 41.6 Å². The molecular formula is C19H29BrN2O2. The summed E-state index contributed by atoms with van der Waals surface area (Å²) in [6.45, 7) is 13.6. The lowest BCUT2D eigenvalue weighted by atomic mass is 9.79. The number of ether oxygens (including phenoxy) is 1. The Morgan fingerprint density at radius 1 is 1.33 bits per heavy atom. The summed E-state index contributed by atoms with van der Waals surface area (Å²) in [5, 5.41) is 3.65. The molecule has 1 aromatic rings. The molecule has 24 heavy (non-hydrogen) atoms. The van der Waals surface area contributed by atoms with E-state index in [1.807, 2.05) is 25.7 Å². The fraction of sp³-hybridized carbons (Fsp3) is 0.632. The maximum absolute atomic E-state index is 12.3. The first-order valence-electron chi connectivity index (χ1n) is 8.48. The minimum atomic E-state index is -0.454. The number of benzene rings is 1. The zero-order valence-electron chi connectivity index (χ0n) is 15.6. The Hall–Kier alpha value is -1.23. The van der Waals surface area contributed by atoms with E-state index in [9.17, 15) is 4.79 Å². The maximum Gasteiger partial charge on any atom is 0.410 e. The van der Waals surface area contributed by atoms with E-state index < -0.39 is 5.60 Å². The van der Waals surface area contributed by atoms with Crippen LogP contribution in [0.4, 0.5) is 10.5 Å². The molecule has 4 nitrogen and oxygen atoms in total. The number of nitrogens with zero attached hydrogens (tertiary/aromatic N) is 1. The van der Waals surface area contributed by atoms with Crippen LogP contribution in [0.25, 0.3) is 0 Å². The van der Waals surface area contributed by atoms with Crippen molar-refractivity contribution in [2.24, 2.45) is 5.41 Å². The highest BCUT2D eigenvalue weighted by molar-refractivity contribution is 9.10. The Bertz CT molecular complexity index is 588. The van der Waals surface area contributed by atoms with Crippen LogP contribution >= 0.6 is 15.9 Å². The van der Waals surface area contributed by atoms with Crippen LogP contribution in [0.15, 0.2) is 22.7 Å². The van der Waals surface area contributed by atoms with Crippen LogP contribution in [0.2, 0.25) is 0 Å². The Kier molecular flexibility index (Phi) is 5.53. The molecule has 1 heterocycles. The van der Waals surface area contributed by atoms with Gasteiger partial charge in [0.1, 0.15) is 5.60 Å². The Balaban J connectivity index is 2.04. The molecule has 134 valence electrons. The predicted molar refractivity (Wildman–Crippen MR) is 102 cm³/mol. The standard InChI is InChI=1S/C19H29BrN2O2/c1-13-9-14(20)11-15(10-13)21-16-7-8-22(12-19(16,5)6)17(23)24-18(2,3)4/h9-11,16,21H,7-8,12H2,1-6H3. The number of carbonyl (C=O) groups excluding carboxylic acids is 1. The number of amides is 1. The molecule has 0 aromatic heterocycles. The van der Waals surface area contributed by atoms with E-state index >= 15 is 0 Å². The number of rotatable bonds is 2. The second-order valence-electron chi connectivity index (χ2n) is 8.39. The molecule has 0 bridgehead atoms. The van der Waals surface area contributed by atoms with Crippen molar-refractivity contribution in [2.45, 2.75) is 59.6 Å². The molecule has 1 aromatic carbocycles. The molecular weight excluding hydrogens is 368 g/mol. The molecule has 1 amide bonds. The van der Waals surface area contributed by atoms with Crippen LogP contribution in [0.3, 0.4) is 0 Å². The number of piperidine rings is 1. The molecule has 1 saturated heterocycles. The van der Waals surface area contributed by atoms with Gasteiger partial charge in [0.05, 0.1) is 0 Å². The van der Waals surface area contributed by atoms with Gasteiger partial charge in [-0.05, 0) is 57.9 Å². The Labute approximate surface area is 154 Å². The van der Waals surface area contributed by atoms with Gasteiger partial charge in [0.15, 0.2) is 0 Å². The first-order valence-corrected chi connectivity index (χ1v) is 9.27. The summed E-state index contributed by atoms with van der Waals surface area (Å²) in [4.78, 5) is 14.2. The number of halogens is 1. The van der Waals surface area contributed by atoms with Gasteiger partial charge in [-0.3, -0.25) is 0 Å². The van der Waals surface area contributed by atoms with Crippen molar-refractivity contribution in [3.8, 4) is 0 Å². The van der Waals surface area contributed by atoms with Crippen LogP contribution in [-0.2, 0) is 4.74 Å². The van der Waals surface area contributed by atoms with Crippen LogP contribution in [0, 0.1) is 12.3 Å². The minimum absolute atomic E-state index is 0.0363. The lowest BCUT2D eigenvalue weighted by Gasteiger charge is -2.45. The summed E-state index contributed by atoms with van der Waals surface area (Å²) in [6.07, 6.45) is 0.685. The van der Waals surface area contributed by atoms with E-state index in [0.29, 0.717) is 19.1 Å². The molecule has 1 N–H and O–H groups in total. The van der Waals surface area contributed by atoms with Crippen molar-refractivity contribution in [3.05, 3.63) is 28.2 Å². The highest BCUT2D eigenvalue weighted by atomic mass is 79.9. The van der Waals surface area contributed by atoms with E-state index in [0.717, 1.165) is 16.6 Å². The van der Waals surface area contributed by atoms with Crippen molar-refractivity contribution in [2.75, 3.05) is 18.4 Å². The van der Waals surface area contributed by atoms with Crippen molar-refractivity contribution in [1.82, 2.24) is 4.90 Å². The van der Waals surface area contributed by atoms with Crippen molar-refractivity contribution >= 4 is 27.7 Å². The molecule has 0 spiro atoms. The fourth-order valence-electron chi connectivity index (χ4n) is 3.13. The maximum atomic E-state index is 12.3. The number of hydrogen-bond acceptors (Lipinski definition) is 3. The quantitative estimate of drug-likeness (QED) is 0.745. The average molecular weight is 397 g/mol. The molecule has 1 fully saturated rings. The molecule has 0 saturated carbocycles. The van der Waals surface area contributed by atoms with Gasteiger partial charge in [0, 0.05) is 34.7 Å².